The van der Waals surface area contributed by atoms with E-state index in [1.165, 1.54) is 12.1 Å². The maximum atomic E-state index is 14.0. The van der Waals surface area contributed by atoms with Crippen molar-refractivity contribution in [3.63, 3.8) is 0 Å². The molecule has 0 aliphatic heterocycles. The van der Waals surface area contributed by atoms with Gasteiger partial charge in [-0.05, 0) is 49.9 Å². The van der Waals surface area contributed by atoms with E-state index in [9.17, 15) is 8.78 Å². The van der Waals surface area contributed by atoms with Crippen LogP contribution in [0, 0.1) is 18.6 Å². The number of benzene rings is 2. The monoisotopic (exact) mass is 394 g/mol. The summed E-state index contributed by atoms with van der Waals surface area (Å²) in [5.74, 6) is -0.557. The van der Waals surface area contributed by atoms with E-state index in [2.05, 4.69) is 27.1 Å². The third-order valence-electron chi connectivity index (χ3n) is 4.61. The molecule has 0 radical (unpaired) electrons. The second-order valence-corrected chi connectivity index (χ2v) is 6.94. The highest BCUT2D eigenvalue weighted by Gasteiger charge is 2.16. The Morgan fingerprint density at radius 2 is 1.93 bits per heavy atom. The lowest BCUT2D eigenvalue weighted by atomic mass is 10.2. The van der Waals surface area contributed by atoms with Gasteiger partial charge in [-0.3, -0.25) is 4.90 Å². The maximum absolute atomic E-state index is 14.0. The van der Waals surface area contributed by atoms with Crippen molar-refractivity contribution in [3.05, 3.63) is 89.6 Å². The lowest BCUT2D eigenvalue weighted by Crippen LogP contribution is -2.18. The van der Waals surface area contributed by atoms with Crippen molar-refractivity contribution >= 4 is 0 Å². The van der Waals surface area contributed by atoms with E-state index in [4.69, 9.17) is 4.42 Å². The first kappa shape index (κ1) is 19.0. The number of oxazole rings is 1. The molecule has 148 valence electrons. The molecule has 0 atom stereocenters. The molecule has 7 heteroatoms. The van der Waals surface area contributed by atoms with E-state index in [0.29, 0.717) is 18.8 Å². The van der Waals surface area contributed by atoms with Crippen LogP contribution in [0.2, 0.25) is 0 Å². The van der Waals surface area contributed by atoms with Gasteiger partial charge in [0.2, 0.25) is 5.89 Å². The van der Waals surface area contributed by atoms with Crippen LogP contribution in [0.25, 0.3) is 17.1 Å². The molecule has 0 saturated carbocycles. The highest BCUT2D eigenvalue weighted by molar-refractivity contribution is 5.54. The lowest BCUT2D eigenvalue weighted by molar-refractivity contribution is 0.313. The van der Waals surface area contributed by atoms with Gasteiger partial charge in [-0.25, -0.2) is 18.4 Å². The van der Waals surface area contributed by atoms with Gasteiger partial charge in [0.1, 0.15) is 17.4 Å². The van der Waals surface area contributed by atoms with Crippen LogP contribution in [-0.4, -0.2) is 26.7 Å². The van der Waals surface area contributed by atoms with Gasteiger partial charge in [0.25, 0.3) is 0 Å². The van der Waals surface area contributed by atoms with Gasteiger partial charge in [-0.2, -0.15) is 5.10 Å². The molecule has 0 saturated heterocycles. The van der Waals surface area contributed by atoms with Crippen LogP contribution in [0.3, 0.4) is 0 Å². The smallest absolute Gasteiger partial charge is 0.229 e. The minimum atomic E-state index is -0.693. The van der Waals surface area contributed by atoms with Crippen LogP contribution in [0.1, 0.15) is 17.0 Å². The molecular weight excluding hydrogens is 374 g/mol. The Hall–Kier alpha value is -3.32. The van der Waals surface area contributed by atoms with Gasteiger partial charge < -0.3 is 4.42 Å². The zero-order valence-electron chi connectivity index (χ0n) is 16.1. The molecular formula is C22H20F2N4O. The normalized spacial score (nSPS) is 11.3. The van der Waals surface area contributed by atoms with Crippen molar-refractivity contribution in [2.75, 3.05) is 7.05 Å². The number of aryl methyl sites for hydroxylation is 1. The molecule has 4 rings (SSSR count). The summed E-state index contributed by atoms with van der Waals surface area (Å²) in [6, 6.07) is 13.4. The molecule has 0 unspecified atom stereocenters. The Balaban J connectivity index is 1.48. The summed E-state index contributed by atoms with van der Waals surface area (Å²) in [5, 5.41) is 4.26. The molecule has 4 aromatic rings. The van der Waals surface area contributed by atoms with Crippen molar-refractivity contribution in [1.29, 1.82) is 0 Å². The lowest BCUT2D eigenvalue weighted by Gasteiger charge is -2.16. The predicted molar refractivity (Wildman–Crippen MR) is 105 cm³/mol. The minimum Gasteiger partial charge on any atom is -0.441 e. The largest absolute Gasteiger partial charge is 0.441 e. The fourth-order valence-corrected chi connectivity index (χ4v) is 3.19. The van der Waals surface area contributed by atoms with Crippen molar-refractivity contribution in [1.82, 2.24) is 19.7 Å². The summed E-state index contributed by atoms with van der Waals surface area (Å²) in [6.45, 7) is 3.02. The summed E-state index contributed by atoms with van der Waals surface area (Å²) < 4.78 is 34.6. The zero-order valence-corrected chi connectivity index (χ0v) is 16.1. The number of nitrogens with zero attached hydrogens (tertiary/aromatic N) is 4. The van der Waals surface area contributed by atoms with Crippen molar-refractivity contribution < 1.29 is 13.2 Å². The van der Waals surface area contributed by atoms with Gasteiger partial charge in [-0.15, -0.1) is 0 Å². The molecule has 2 heterocycles. The summed E-state index contributed by atoms with van der Waals surface area (Å²) in [4.78, 5) is 6.52. The van der Waals surface area contributed by atoms with Crippen LogP contribution in [0.5, 0.6) is 0 Å². The summed E-state index contributed by atoms with van der Waals surface area (Å²) in [5.41, 5.74) is 2.99. The fraction of sp³-hybridized carbons (Fsp3) is 0.182. The molecule has 0 N–H and O–H groups in total. The number of aromatic nitrogens is 3. The SMILES string of the molecule is Cc1oc(-c2ccc(F)cc2F)nc1CN(C)Cc1cccc(-n2cccn2)c1. The first-order valence-electron chi connectivity index (χ1n) is 9.19. The predicted octanol–water partition coefficient (Wildman–Crippen LogP) is 4.75. The Labute approximate surface area is 167 Å². The molecule has 0 spiro atoms. The van der Waals surface area contributed by atoms with Gasteiger partial charge in [0.05, 0.1) is 16.9 Å². The van der Waals surface area contributed by atoms with Crippen LogP contribution < -0.4 is 0 Å². The molecule has 0 aliphatic carbocycles. The standard InChI is InChI=1S/C22H20F2N4O/c1-15-21(26-22(29-15)19-8-7-17(23)12-20(19)24)14-27(2)13-16-5-3-6-18(11-16)28-10-4-9-25-28/h3-12H,13-14H2,1-2H3. The van der Waals surface area contributed by atoms with Crippen LogP contribution >= 0.6 is 0 Å². The minimum absolute atomic E-state index is 0.148. The average molecular weight is 394 g/mol. The Morgan fingerprint density at radius 3 is 2.69 bits per heavy atom. The van der Waals surface area contributed by atoms with Crippen LogP contribution in [0.15, 0.2) is 65.3 Å². The number of hydrogen-bond donors (Lipinski definition) is 0. The van der Waals surface area contributed by atoms with E-state index in [0.717, 1.165) is 23.0 Å². The molecule has 29 heavy (non-hydrogen) atoms. The first-order chi connectivity index (χ1) is 14.0. The molecule has 0 bridgehead atoms. The zero-order chi connectivity index (χ0) is 20.4. The quantitative estimate of drug-likeness (QED) is 0.474. The molecule has 5 nitrogen and oxygen atoms in total. The molecule has 0 aliphatic rings. The molecule has 0 fully saturated rings. The van der Waals surface area contributed by atoms with Gasteiger partial charge >= 0.3 is 0 Å². The topological polar surface area (TPSA) is 47.1 Å². The Kier molecular flexibility index (Phi) is 5.22. The number of rotatable bonds is 6. The highest BCUT2D eigenvalue weighted by Crippen LogP contribution is 2.25. The molecule has 2 aromatic carbocycles. The summed E-state index contributed by atoms with van der Waals surface area (Å²) >= 11 is 0. The Bertz CT molecular complexity index is 1120. The van der Waals surface area contributed by atoms with Crippen molar-refractivity contribution in [2.45, 2.75) is 20.0 Å². The van der Waals surface area contributed by atoms with Crippen molar-refractivity contribution in [3.8, 4) is 17.1 Å². The van der Waals surface area contributed by atoms with E-state index < -0.39 is 11.6 Å². The van der Waals surface area contributed by atoms with Crippen molar-refractivity contribution in [2.24, 2.45) is 0 Å². The maximum Gasteiger partial charge on any atom is 0.229 e. The fourth-order valence-electron chi connectivity index (χ4n) is 3.19. The van der Waals surface area contributed by atoms with Gasteiger partial charge in [0.15, 0.2) is 0 Å². The second-order valence-electron chi connectivity index (χ2n) is 6.94. The van der Waals surface area contributed by atoms with Crippen LogP contribution in [-0.2, 0) is 13.1 Å². The number of halogens is 2. The van der Waals surface area contributed by atoms with E-state index in [-0.39, 0.29) is 11.5 Å². The summed E-state index contributed by atoms with van der Waals surface area (Å²) in [7, 11) is 1.98. The van der Waals surface area contributed by atoms with E-state index in [1.54, 1.807) is 13.1 Å². The van der Waals surface area contributed by atoms with Gasteiger partial charge in [-0.1, -0.05) is 12.1 Å². The van der Waals surface area contributed by atoms with E-state index in [1.807, 2.05) is 36.1 Å². The van der Waals surface area contributed by atoms with Crippen LogP contribution in [0.4, 0.5) is 8.78 Å². The third kappa shape index (κ3) is 4.25. The molecule has 2 aromatic heterocycles. The first-order valence-corrected chi connectivity index (χ1v) is 9.19. The average Bonchev–Trinajstić information content (AvgIpc) is 3.33. The number of hydrogen-bond acceptors (Lipinski definition) is 4. The highest BCUT2D eigenvalue weighted by atomic mass is 19.1. The molecule has 0 amide bonds. The van der Waals surface area contributed by atoms with E-state index >= 15 is 0 Å². The Morgan fingerprint density at radius 1 is 1.07 bits per heavy atom. The van der Waals surface area contributed by atoms with Gasteiger partial charge in [0, 0.05) is 31.5 Å². The third-order valence-corrected chi connectivity index (χ3v) is 4.61. The summed E-state index contributed by atoms with van der Waals surface area (Å²) in [6.07, 6.45) is 3.64. The second kappa shape index (κ2) is 7.97.